The molecule has 4 N–H and O–H groups in total. The van der Waals surface area contributed by atoms with Gasteiger partial charge in [0.25, 0.3) is 0 Å². The van der Waals surface area contributed by atoms with Crippen LogP contribution in [-0.4, -0.2) is 50.6 Å². The molecular weight excluding hydrogens is 330 g/mol. The fraction of sp³-hybridized carbons (Fsp3) is 0.333. The van der Waals surface area contributed by atoms with Crippen molar-refractivity contribution in [1.29, 1.82) is 0 Å². The molecule has 1 aliphatic rings. The molecular formula is C18H20ClNO4. The van der Waals surface area contributed by atoms with Crippen molar-refractivity contribution in [3.8, 4) is 11.5 Å². The predicted molar refractivity (Wildman–Crippen MR) is 91.3 cm³/mol. The van der Waals surface area contributed by atoms with Crippen LogP contribution >= 0.6 is 11.6 Å². The van der Waals surface area contributed by atoms with E-state index in [1.165, 1.54) is 12.1 Å². The fourth-order valence-electron chi connectivity index (χ4n) is 3.30. The number of hydrogen-bond donors (Lipinski definition) is 4. The first-order chi connectivity index (χ1) is 11.5. The first-order valence-electron chi connectivity index (χ1n) is 7.79. The molecule has 0 aromatic heterocycles. The number of hydrogen-bond acceptors (Lipinski definition) is 5. The number of phenols is 2. The van der Waals surface area contributed by atoms with E-state index < -0.39 is 12.1 Å². The molecule has 0 aliphatic carbocycles. The Morgan fingerprint density at radius 3 is 2.42 bits per heavy atom. The highest BCUT2D eigenvalue weighted by Gasteiger charge is 2.41. The number of aliphatic hydroxyl groups excluding tert-OH is 2. The van der Waals surface area contributed by atoms with Crippen molar-refractivity contribution in [3.63, 3.8) is 0 Å². The van der Waals surface area contributed by atoms with Crippen LogP contribution < -0.4 is 0 Å². The topological polar surface area (TPSA) is 84.2 Å². The van der Waals surface area contributed by atoms with Gasteiger partial charge < -0.3 is 20.4 Å². The van der Waals surface area contributed by atoms with E-state index in [0.717, 1.165) is 5.56 Å². The van der Waals surface area contributed by atoms with Crippen LogP contribution in [-0.2, 0) is 6.54 Å². The van der Waals surface area contributed by atoms with E-state index in [1.54, 1.807) is 18.2 Å². The van der Waals surface area contributed by atoms with Crippen molar-refractivity contribution in [2.45, 2.75) is 24.6 Å². The van der Waals surface area contributed by atoms with Gasteiger partial charge in [0, 0.05) is 35.7 Å². The molecule has 3 rings (SSSR count). The van der Waals surface area contributed by atoms with Gasteiger partial charge in [-0.3, -0.25) is 4.90 Å². The van der Waals surface area contributed by atoms with E-state index in [9.17, 15) is 20.4 Å². The van der Waals surface area contributed by atoms with Gasteiger partial charge in [-0.2, -0.15) is 0 Å². The molecule has 0 bridgehead atoms. The molecule has 128 valence electrons. The van der Waals surface area contributed by atoms with E-state index in [-0.39, 0.29) is 24.0 Å². The maximum Gasteiger partial charge on any atom is 0.123 e. The lowest BCUT2D eigenvalue weighted by atomic mass is 9.94. The summed E-state index contributed by atoms with van der Waals surface area (Å²) in [6, 6.07) is 11.3. The largest absolute Gasteiger partial charge is 0.508 e. The van der Waals surface area contributed by atoms with Crippen LogP contribution in [0.2, 0.25) is 5.02 Å². The Bertz CT molecular complexity index is 707. The average Bonchev–Trinajstić information content (AvgIpc) is 2.86. The zero-order valence-corrected chi connectivity index (χ0v) is 13.8. The minimum atomic E-state index is -0.713. The molecule has 6 heteroatoms. The summed E-state index contributed by atoms with van der Waals surface area (Å²) in [4.78, 5) is 1.94. The third-order valence-electron chi connectivity index (χ3n) is 4.63. The monoisotopic (exact) mass is 349 g/mol. The van der Waals surface area contributed by atoms with Crippen molar-refractivity contribution >= 4 is 11.6 Å². The second-order valence-corrected chi connectivity index (χ2v) is 6.58. The lowest BCUT2D eigenvalue weighted by Gasteiger charge is -2.24. The van der Waals surface area contributed by atoms with Crippen LogP contribution in [0.3, 0.4) is 0 Å². The molecule has 3 atom stereocenters. The molecule has 1 fully saturated rings. The maximum atomic E-state index is 10.6. The molecule has 5 nitrogen and oxygen atoms in total. The molecule has 1 aliphatic heterocycles. The van der Waals surface area contributed by atoms with Gasteiger partial charge >= 0.3 is 0 Å². The summed E-state index contributed by atoms with van der Waals surface area (Å²) >= 11 is 5.92. The highest BCUT2D eigenvalue weighted by molar-refractivity contribution is 6.30. The molecule has 0 unspecified atom stereocenters. The van der Waals surface area contributed by atoms with Gasteiger partial charge in [-0.05, 0) is 23.8 Å². The quantitative estimate of drug-likeness (QED) is 0.679. The Morgan fingerprint density at radius 1 is 1.08 bits per heavy atom. The SMILES string of the molecule is OC[C@@H]1[C@H](O)[C@@H](c2ccc(Cl)cc2)CN1Cc1ccc(O)cc1O. The molecule has 1 heterocycles. The molecule has 0 amide bonds. The summed E-state index contributed by atoms with van der Waals surface area (Å²) in [5.41, 5.74) is 1.60. The van der Waals surface area contributed by atoms with Crippen molar-refractivity contribution in [2.24, 2.45) is 0 Å². The van der Waals surface area contributed by atoms with Crippen molar-refractivity contribution < 1.29 is 20.4 Å². The lowest BCUT2D eigenvalue weighted by molar-refractivity contribution is 0.0638. The zero-order valence-electron chi connectivity index (χ0n) is 13.0. The summed E-state index contributed by atoms with van der Waals surface area (Å²) in [5, 5.41) is 40.3. The smallest absolute Gasteiger partial charge is 0.123 e. The maximum absolute atomic E-state index is 10.6. The van der Waals surface area contributed by atoms with Crippen LogP contribution in [0.1, 0.15) is 17.0 Å². The van der Waals surface area contributed by atoms with Gasteiger partial charge in [-0.1, -0.05) is 29.8 Å². The fourth-order valence-corrected chi connectivity index (χ4v) is 3.43. The predicted octanol–water partition coefficient (Wildman–Crippen LogP) is 2.07. The Labute approximate surface area is 145 Å². The van der Waals surface area contributed by atoms with E-state index in [1.807, 2.05) is 17.0 Å². The zero-order chi connectivity index (χ0) is 17.3. The molecule has 2 aromatic rings. The molecule has 2 aromatic carbocycles. The third kappa shape index (κ3) is 3.35. The van der Waals surface area contributed by atoms with Gasteiger partial charge in [-0.25, -0.2) is 0 Å². The summed E-state index contributed by atoms with van der Waals surface area (Å²) in [7, 11) is 0. The van der Waals surface area contributed by atoms with E-state index in [0.29, 0.717) is 23.7 Å². The van der Waals surface area contributed by atoms with Gasteiger partial charge in [-0.15, -0.1) is 0 Å². The normalized spacial score (nSPS) is 24.4. The number of aliphatic hydroxyl groups is 2. The number of nitrogens with zero attached hydrogens (tertiary/aromatic N) is 1. The minimum absolute atomic E-state index is 0.00359. The Balaban J connectivity index is 1.81. The average molecular weight is 350 g/mol. The molecule has 0 saturated carbocycles. The van der Waals surface area contributed by atoms with Crippen LogP contribution in [0.5, 0.6) is 11.5 Å². The lowest BCUT2D eigenvalue weighted by Crippen LogP contribution is -2.38. The van der Waals surface area contributed by atoms with Gasteiger partial charge in [0.2, 0.25) is 0 Å². The van der Waals surface area contributed by atoms with E-state index in [4.69, 9.17) is 11.6 Å². The number of halogens is 1. The summed E-state index contributed by atoms with van der Waals surface area (Å²) < 4.78 is 0. The number of rotatable bonds is 4. The van der Waals surface area contributed by atoms with Crippen molar-refractivity contribution in [2.75, 3.05) is 13.2 Å². The van der Waals surface area contributed by atoms with E-state index in [2.05, 4.69) is 0 Å². The first kappa shape index (κ1) is 17.0. The second kappa shape index (κ2) is 6.99. The standard InChI is InChI=1S/C18H20ClNO4/c19-13-4-1-11(2-5-13)15-9-20(16(10-21)18(15)24)8-12-3-6-14(22)7-17(12)23/h1-7,15-16,18,21-24H,8-10H2/t15-,16-,18-/m1/s1. The first-order valence-corrected chi connectivity index (χ1v) is 8.16. The van der Waals surface area contributed by atoms with Crippen molar-refractivity contribution in [1.82, 2.24) is 4.90 Å². The molecule has 1 saturated heterocycles. The van der Waals surface area contributed by atoms with E-state index >= 15 is 0 Å². The Kier molecular flexibility index (Phi) is 4.96. The number of likely N-dealkylation sites (tertiary alicyclic amines) is 1. The summed E-state index contributed by atoms with van der Waals surface area (Å²) in [5.74, 6) is -0.148. The molecule has 24 heavy (non-hydrogen) atoms. The highest BCUT2D eigenvalue weighted by atomic mass is 35.5. The highest BCUT2D eigenvalue weighted by Crippen LogP contribution is 2.35. The van der Waals surface area contributed by atoms with Crippen LogP contribution in [0, 0.1) is 0 Å². The molecule has 0 spiro atoms. The summed E-state index contributed by atoms with van der Waals surface area (Å²) in [6.07, 6.45) is -0.713. The van der Waals surface area contributed by atoms with Crippen LogP contribution in [0.4, 0.5) is 0 Å². The number of aromatic hydroxyl groups is 2. The van der Waals surface area contributed by atoms with Gasteiger partial charge in [0.1, 0.15) is 11.5 Å². The number of phenolic OH excluding ortho intramolecular Hbond substituents is 2. The van der Waals surface area contributed by atoms with Gasteiger partial charge in [0.15, 0.2) is 0 Å². The number of benzene rings is 2. The van der Waals surface area contributed by atoms with Crippen LogP contribution in [0.15, 0.2) is 42.5 Å². The van der Waals surface area contributed by atoms with Crippen LogP contribution in [0.25, 0.3) is 0 Å². The van der Waals surface area contributed by atoms with Crippen molar-refractivity contribution in [3.05, 3.63) is 58.6 Å². The Hall–Kier alpha value is -1.79. The van der Waals surface area contributed by atoms with Gasteiger partial charge in [0.05, 0.1) is 18.8 Å². The Morgan fingerprint density at radius 2 is 1.79 bits per heavy atom. The third-order valence-corrected chi connectivity index (χ3v) is 4.89. The minimum Gasteiger partial charge on any atom is -0.508 e. The second-order valence-electron chi connectivity index (χ2n) is 6.14. The summed E-state index contributed by atoms with van der Waals surface area (Å²) in [6.45, 7) is 0.747. The molecule has 0 radical (unpaired) electrons.